The van der Waals surface area contributed by atoms with Crippen molar-refractivity contribution in [2.24, 2.45) is 23.2 Å². The smallest absolute Gasteiger partial charge is 0.165 e. The summed E-state index contributed by atoms with van der Waals surface area (Å²) in [6.07, 6.45) is 17.0. The number of rotatable bonds is 8. The maximum Gasteiger partial charge on any atom is 0.165 e. The van der Waals surface area contributed by atoms with E-state index >= 15 is 0 Å². The second kappa shape index (κ2) is 8.61. The van der Waals surface area contributed by atoms with Gasteiger partial charge >= 0.3 is 0 Å². The molecular weight excluding hydrogens is 486 g/mol. The van der Waals surface area contributed by atoms with Gasteiger partial charge in [0.05, 0.1) is 12.7 Å². The second-order valence-electron chi connectivity index (χ2n) is 15.0. The Morgan fingerprint density at radius 1 is 1.05 bits per heavy atom. The Morgan fingerprint density at radius 2 is 1.87 bits per heavy atom. The van der Waals surface area contributed by atoms with Crippen LogP contribution in [-0.4, -0.2) is 60.7 Å². The van der Waals surface area contributed by atoms with Gasteiger partial charge in [0, 0.05) is 42.0 Å². The highest BCUT2D eigenvalue weighted by Gasteiger charge is 2.81. The molecular formula is C34H49NO4. The first-order chi connectivity index (χ1) is 18.9. The summed E-state index contributed by atoms with van der Waals surface area (Å²) in [5, 5.41) is 12.5. The third-order valence-electron chi connectivity index (χ3n) is 13.4. The lowest BCUT2D eigenvalue weighted by Gasteiger charge is -2.75. The molecule has 2 aliphatic heterocycles. The maximum absolute atomic E-state index is 12.5. The lowest BCUT2D eigenvalue weighted by Crippen LogP contribution is -2.82. The van der Waals surface area contributed by atoms with Gasteiger partial charge in [-0.1, -0.05) is 38.2 Å². The van der Waals surface area contributed by atoms with Gasteiger partial charge in [0.15, 0.2) is 11.5 Å². The molecule has 0 amide bonds. The molecule has 5 saturated carbocycles. The molecule has 4 bridgehead atoms. The van der Waals surface area contributed by atoms with E-state index in [1.165, 1.54) is 69.0 Å². The quantitative estimate of drug-likeness (QED) is 0.440. The Balaban J connectivity index is 1.24. The van der Waals surface area contributed by atoms with Crippen molar-refractivity contribution in [1.82, 2.24) is 4.90 Å². The summed E-state index contributed by atoms with van der Waals surface area (Å²) < 4.78 is 19.8. The molecule has 1 aromatic carbocycles. The van der Waals surface area contributed by atoms with E-state index in [4.69, 9.17) is 14.2 Å². The Kier molecular flexibility index (Phi) is 5.61. The third kappa shape index (κ3) is 3.24. The molecule has 0 radical (unpaired) electrons. The van der Waals surface area contributed by atoms with Crippen molar-refractivity contribution < 1.29 is 19.3 Å². The van der Waals surface area contributed by atoms with E-state index in [0.29, 0.717) is 6.04 Å². The van der Waals surface area contributed by atoms with Crippen LogP contribution >= 0.6 is 0 Å². The molecule has 0 unspecified atom stereocenters. The predicted octanol–water partition coefficient (Wildman–Crippen LogP) is 6.03. The molecule has 39 heavy (non-hydrogen) atoms. The Morgan fingerprint density at radius 3 is 2.62 bits per heavy atom. The highest BCUT2D eigenvalue weighted by Crippen LogP contribution is 2.77. The molecule has 6 aliphatic carbocycles. The minimum Gasteiger partial charge on any atom is -0.493 e. The van der Waals surface area contributed by atoms with Gasteiger partial charge in [0.25, 0.3) is 0 Å². The molecule has 1 aromatic rings. The highest BCUT2D eigenvalue weighted by molar-refractivity contribution is 5.63. The standard InChI is InChI=1S/C34H49NO4/c1-31(36,14-13-22-7-5-4-6-8-22)26-20-32-15-16-34(26,38-3)30-33(32)17-18-35(21-23-9-10-23)27(32)19-24-11-12-25(37-2)29(39-30)28(24)33/h11-12,22-23,26-27,30,36H,4-10,13-21H2,1-3H3/t26-,27-,30-,31+,32-,33+,34-/m1/s1. The first-order valence-electron chi connectivity index (χ1n) is 16.3. The van der Waals surface area contributed by atoms with Crippen LogP contribution < -0.4 is 9.47 Å². The number of hydrogen-bond donors (Lipinski definition) is 1. The maximum atomic E-state index is 12.5. The van der Waals surface area contributed by atoms with Crippen molar-refractivity contribution in [2.75, 3.05) is 27.3 Å². The van der Waals surface area contributed by atoms with Crippen LogP contribution in [-0.2, 0) is 16.6 Å². The number of fused-ring (bicyclic) bond motifs is 2. The van der Waals surface area contributed by atoms with Crippen LogP contribution in [0.1, 0.15) is 102 Å². The van der Waals surface area contributed by atoms with E-state index in [0.717, 1.165) is 68.4 Å². The molecule has 214 valence electrons. The first-order valence-corrected chi connectivity index (χ1v) is 16.3. The van der Waals surface area contributed by atoms with Crippen LogP contribution in [0.4, 0.5) is 0 Å². The SMILES string of the molecule is COc1ccc2c3c1O[C@H]1[C@@]4(OC)CC[C@@]5(C[C@@H]4[C@@](C)(O)CCC4CCCCC4)[C@@H](C2)N(CC2CC2)CC[C@]315. The number of aliphatic hydroxyl groups is 1. The number of benzene rings is 1. The Labute approximate surface area is 235 Å². The summed E-state index contributed by atoms with van der Waals surface area (Å²) in [7, 11) is 3.69. The molecule has 2 heterocycles. The fraction of sp³-hybridized carbons (Fsp3) is 0.824. The number of methoxy groups -OCH3 is 2. The largest absolute Gasteiger partial charge is 0.493 e. The monoisotopic (exact) mass is 535 g/mol. The van der Waals surface area contributed by atoms with Crippen molar-refractivity contribution in [3.63, 3.8) is 0 Å². The Hall–Kier alpha value is -1.30. The summed E-state index contributed by atoms with van der Waals surface area (Å²) in [6.45, 7) is 4.56. The molecule has 0 aromatic heterocycles. The van der Waals surface area contributed by atoms with Crippen molar-refractivity contribution >= 4 is 0 Å². The molecule has 9 rings (SSSR count). The summed E-state index contributed by atoms with van der Waals surface area (Å²) in [5.74, 6) is 3.60. The fourth-order valence-corrected chi connectivity index (χ4v) is 11.4. The zero-order valence-electron chi connectivity index (χ0n) is 24.5. The van der Waals surface area contributed by atoms with E-state index in [9.17, 15) is 5.11 Å². The van der Waals surface area contributed by atoms with Gasteiger partial charge in [-0.25, -0.2) is 0 Å². The van der Waals surface area contributed by atoms with Crippen LogP contribution in [0.3, 0.4) is 0 Å². The molecule has 5 heteroatoms. The van der Waals surface area contributed by atoms with E-state index in [1.54, 1.807) is 7.11 Å². The van der Waals surface area contributed by atoms with Crippen molar-refractivity contribution in [3.05, 3.63) is 23.3 Å². The van der Waals surface area contributed by atoms with Gasteiger partial charge in [0.1, 0.15) is 11.7 Å². The molecule has 8 aliphatic rings. The minimum absolute atomic E-state index is 0.0423. The van der Waals surface area contributed by atoms with Gasteiger partial charge in [-0.15, -0.1) is 0 Å². The lowest BCUT2D eigenvalue weighted by atomic mass is 9.33. The normalized spacial score (nSPS) is 42.1. The van der Waals surface area contributed by atoms with Gasteiger partial charge < -0.3 is 19.3 Å². The van der Waals surface area contributed by atoms with E-state index in [1.807, 2.05) is 7.11 Å². The molecule has 2 spiro atoms. The number of nitrogens with zero attached hydrogens (tertiary/aromatic N) is 1. The minimum atomic E-state index is -0.763. The molecule has 5 nitrogen and oxygen atoms in total. The zero-order chi connectivity index (χ0) is 26.6. The number of hydrogen-bond acceptors (Lipinski definition) is 5. The zero-order valence-corrected chi connectivity index (χ0v) is 24.5. The van der Waals surface area contributed by atoms with Crippen molar-refractivity contribution in [2.45, 2.75) is 126 Å². The molecule has 1 N–H and O–H groups in total. The number of piperidine rings is 1. The molecule has 1 saturated heterocycles. The van der Waals surface area contributed by atoms with E-state index in [2.05, 4.69) is 24.0 Å². The summed E-state index contributed by atoms with van der Waals surface area (Å²) >= 11 is 0. The van der Waals surface area contributed by atoms with Gasteiger partial charge in [0.2, 0.25) is 0 Å². The molecule has 7 atom stereocenters. The second-order valence-corrected chi connectivity index (χ2v) is 15.0. The van der Waals surface area contributed by atoms with Gasteiger partial charge in [-0.05, 0) is 94.7 Å². The van der Waals surface area contributed by atoms with Gasteiger partial charge in [-0.3, -0.25) is 4.90 Å². The highest BCUT2D eigenvalue weighted by atomic mass is 16.6. The third-order valence-corrected chi connectivity index (χ3v) is 13.4. The summed E-state index contributed by atoms with van der Waals surface area (Å²) in [6, 6.07) is 5.00. The fourth-order valence-electron chi connectivity index (χ4n) is 11.4. The van der Waals surface area contributed by atoms with Crippen LogP contribution in [0.15, 0.2) is 12.1 Å². The van der Waals surface area contributed by atoms with E-state index < -0.39 is 11.2 Å². The van der Waals surface area contributed by atoms with Crippen molar-refractivity contribution in [1.29, 1.82) is 0 Å². The Bertz CT molecular complexity index is 1140. The summed E-state index contributed by atoms with van der Waals surface area (Å²) in [5.41, 5.74) is 1.77. The average molecular weight is 536 g/mol. The number of ether oxygens (including phenoxy) is 3. The van der Waals surface area contributed by atoms with Gasteiger partial charge in [-0.2, -0.15) is 0 Å². The van der Waals surface area contributed by atoms with E-state index in [-0.39, 0.29) is 22.9 Å². The molecule has 6 fully saturated rings. The van der Waals surface area contributed by atoms with Crippen LogP contribution in [0.5, 0.6) is 11.5 Å². The number of likely N-dealkylation sites (tertiary alicyclic amines) is 1. The topological polar surface area (TPSA) is 51.2 Å². The average Bonchev–Trinajstić information content (AvgIpc) is 3.70. The van der Waals surface area contributed by atoms with Crippen LogP contribution in [0, 0.1) is 23.2 Å². The van der Waals surface area contributed by atoms with Crippen molar-refractivity contribution in [3.8, 4) is 11.5 Å². The summed E-state index contributed by atoms with van der Waals surface area (Å²) in [4.78, 5) is 2.89. The van der Waals surface area contributed by atoms with Crippen LogP contribution in [0.25, 0.3) is 0 Å². The first kappa shape index (κ1) is 25.4. The van der Waals surface area contributed by atoms with Crippen LogP contribution in [0.2, 0.25) is 0 Å². The lowest BCUT2D eigenvalue weighted by molar-refractivity contribution is -0.303. The predicted molar refractivity (Wildman–Crippen MR) is 151 cm³/mol.